The number of nitrogens with one attached hydrogen (secondary N) is 2. The Hall–Kier alpha value is -2.47. The minimum atomic E-state index is -0.241. The summed E-state index contributed by atoms with van der Waals surface area (Å²) in [7, 11) is 0. The van der Waals surface area contributed by atoms with Crippen molar-refractivity contribution in [2.24, 2.45) is 0 Å². The highest BCUT2D eigenvalue weighted by Crippen LogP contribution is 2.11. The molecule has 0 spiro atoms. The van der Waals surface area contributed by atoms with E-state index in [9.17, 15) is 9.59 Å². The van der Waals surface area contributed by atoms with Crippen molar-refractivity contribution in [2.75, 3.05) is 5.32 Å². The number of thiazole rings is 1. The monoisotopic (exact) mass is 329 g/mol. The van der Waals surface area contributed by atoms with Crippen molar-refractivity contribution in [2.45, 2.75) is 26.8 Å². The summed E-state index contributed by atoms with van der Waals surface area (Å²) in [5, 5.41) is 8.41. The first kappa shape index (κ1) is 16.9. The van der Waals surface area contributed by atoms with Gasteiger partial charge in [0.1, 0.15) is 0 Å². The highest BCUT2D eigenvalue weighted by Gasteiger charge is 2.07. The van der Waals surface area contributed by atoms with Crippen LogP contribution in [0, 0.1) is 6.92 Å². The number of rotatable bonds is 5. The first-order valence-electron chi connectivity index (χ1n) is 7.26. The van der Waals surface area contributed by atoms with Crippen molar-refractivity contribution in [3.05, 3.63) is 52.0 Å². The zero-order chi connectivity index (χ0) is 16.8. The molecule has 5 nitrogen and oxygen atoms in total. The van der Waals surface area contributed by atoms with Crippen molar-refractivity contribution in [1.29, 1.82) is 0 Å². The van der Waals surface area contributed by atoms with Gasteiger partial charge in [-0.2, -0.15) is 0 Å². The van der Waals surface area contributed by atoms with Crippen LogP contribution in [0.3, 0.4) is 0 Å². The molecule has 0 atom stereocenters. The molecule has 0 saturated heterocycles. The second kappa shape index (κ2) is 7.69. The molecule has 0 aliphatic rings. The molecule has 0 unspecified atom stereocenters. The summed E-state index contributed by atoms with van der Waals surface area (Å²) in [4.78, 5) is 27.9. The summed E-state index contributed by atoms with van der Waals surface area (Å²) in [5.41, 5.74) is 1.96. The molecule has 6 heteroatoms. The summed E-state index contributed by atoms with van der Waals surface area (Å²) in [5.74, 6) is -0.369. The number of hydrogen-bond donors (Lipinski definition) is 2. The number of carbonyl (C=O) groups is 2. The predicted octanol–water partition coefficient (Wildman–Crippen LogP) is 3.24. The highest BCUT2D eigenvalue weighted by atomic mass is 32.1. The van der Waals surface area contributed by atoms with Crippen LogP contribution in [-0.2, 0) is 4.79 Å². The van der Waals surface area contributed by atoms with E-state index < -0.39 is 0 Å². The molecule has 2 rings (SSSR count). The first-order valence-corrected chi connectivity index (χ1v) is 8.14. The molecule has 0 aliphatic heterocycles. The van der Waals surface area contributed by atoms with Crippen molar-refractivity contribution in [3.8, 4) is 0 Å². The Balaban J connectivity index is 1.93. The number of nitrogens with zero attached hydrogens (tertiary/aromatic N) is 1. The molecule has 0 fully saturated rings. The number of aromatic nitrogens is 1. The second-order valence-electron chi connectivity index (χ2n) is 5.32. The van der Waals surface area contributed by atoms with E-state index in [0.29, 0.717) is 11.3 Å². The number of aryl methyl sites for hydroxylation is 1. The van der Waals surface area contributed by atoms with Gasteiger partial charge in [0.2, 0.25) is 5.91 Å². The van der Waals surface area contributed by atoms with E-state index in [2.05, 4.69) is 15.6 Å². The van der Waals surface area contributed by atoms with E-state index in [4.69, 9.17) is 0 Å². The molecule has 2 amide bonds. The van der Waals surface area contributed by atoms with E-state index in [1.165, 1.54) is 17.4 Å². The van der Waals surface area contributed by atoms with E-state index in [-0.39, 0.29) is 17.9 Å². The molecule has 1 aromatic carbocycles. The lowest BCUT2D eigenvalue weighted by Crippen LogP contribution is -2.29. The van der Waals surface area contributed by atoms with E-state index in [1.807, 2.05) is 26.2 Å². The summed E-state index contributed by atoms with van der Waals surface area (Å²) in [6.07, 6.45) is 3.11. The van der Waals surface area contributed by atoms with E-state index in [0.717, 1.165) is 10.7 Å². The standard InChI is InChI=1S/C17H19N3O2S/c1-11(2)18-17(22)13-4-6-14(7-5-13)20-16(21)9-8-15-10-23-12(3)19-15/h4-11H,1-3H3,(H,18,22)(H,20,21)/b9-8+. The SMILES string of the molecule is Cc1nc(/C=C/C(=O)Nc2ccc(C(=O)NC(C)C)cc2)cs1. The molecular weight excluding hydrogens is 310 g/mol. The Morgan fingerprint density at radius 3 is 2.48 bits per heavy atom. The Kier molecular flexibility index (Phi) is 5.65. The third-order valence-corrected chi connectivity index (χ3v) is 3.67. The second-order valence-corrected chi connectivity index (χ2v) is 6.38. The van der Waals surface area contributed by atoms with E-state index in [1.54, 1.807) is 30.3 Å². The molecule has 1 heterocycles. The molecule has 0 bridgehead atoms. The topological polar surface area (TPSA) is 71.1 Å². The van der Waals surface area contributed by atoms with Gasteiger partial charge in [-0.25, -0.2) is 4.98 Å². The van der Waals surface area contributed by atoms with Crippen LogP contribution in [0.2, 0.25) is 0 Å². The van der Waals surface area contributed by atoms with Crippen LogP contribution in [0.1, 0.15) is 34.9 Å². The quantitative estimate of drug-likeness (QED) is 0.827. The summed E-state index contributed by atoms with van der Waals surface area (Å²) in [6, 6.07) is 6.85. The average molecular weight is 329 g/mol. The molecule has 120 valence electrons. The maximum Gasteiger partial charge on any atom is 0.251 e. The fraction of sp³-hybridized carbons (Fsp3) is 0.235. The minimum absolute atomic E-state index is 0.0846. The number of carbonyl (C=O) groups excluding carboxylic acids is 2. The molecule has 2 aromatic rings. The summed E-state index contributed by atoms with van der Waals surface area (Å²) >= 11 is 1.54. The van der Waals surface area contributed by atoms with Crippen LogP contribution < -0.4 is 10.6 Å². The van der Waals surface area contributed by atoms with E-state index >= 15 is 0 Å². The van der Waals surface area contributed by atoms with Crippen LogP contribution >= 0.6 is 11.3 Å². The fourth-order valence-electron chi connectivity index (χ4n) is 1.85. The zero-order valence-corrected chi connectivity index (χ0v) is 14.1. The lowest BCUT2D eigenvalue weighted by atomic mass is 10.2. The Morgan fingerprint density at radius 2 is 1.91 bits per heavy atom. The van der Waals surface area contributed by atoms with Gasteiger partial charge in [0.05, 0.1) is 10.7 Å². The number of amides is 2. The van der Waals surface area contributed by atoms with Gasteiger partial charge in [0.25, 0.3) is 5.91 Å². The molecule has 0 saturated carbocycles. The smallest absolute Gasteiger partial charge is 0.251 e. The number of benzene rings is 1. The van der Waals surface area contributed by atoms with Gasteiger partial charge in [-0.3, -0.25) is 9.59 Å². The lowest BCUT2D eigenvalue weighted by molar-refractivity contribution is -0.111. The van der Waals surface area contributed by atoms with Crippen LogP contribution in [0.5, 0.6) is 0 Å². The number of hydrogen-bond acceptors (Lipinski definition) is 4. The first-order chi connectivity index (χ1) is 10.9. The predicted molar refractivity (Wildman–Crippen MR) is 93.6 cm³/mol. The van der Waals surface area contributed by atoms with Gasteiger partial charge in [-0.05, 0) is 51.1 Å². The molecule has 0 aliphatic carbocycles. The third kappa shape index (κ3) is 5.34. The summed E-state index contributed by atoms with van der Waals surface area (Å²) in [6.45, 7) is 5.73. The fourth-order valence-corrected chi connectivity index (χ4v) is 2.43. The largest absolute Gasteiger partial charge is 0.350 e. The van der Waals surface area contributed by atoms with Crippen LogP contribution in [0.4, 0.5) is 5.69 Å². The lowest BCUT2D eigenvalue weighted by Gasteiger charge is -2.09. The van der Waals surface area contributed by atoms with Gasteiger partial charge >= 0.3 is 0 Å². The highest BCUT2D eigenvalue weighted by molar-refractivity contribution is 7.09. The van der Waals surface area contributed by atoms with Crippen molar-refractivity contribution < 1.29 is 9.59 Å². The third-order valence-electron chi connectivity index (χ3n) is 2.88. The Labute approximate surface area is 139 Å². The van der Waals surface area contributed by atoms with Gasteiger partial charge in [0.15, 0.2) is 0 Å². The van der Waals surface area contributed by atoms with Gasteiger partial charge in [-0.15, -0.1) is 11.3 Å². The molecule has 1 aromatic heterocycles. The Bertz CT molecular complexity index is 718. The molecule has 23 heavy (non-hydrogen) atoms. The summed E-state index contributed by atoms with van der Waals surface area (Å²) < 4.78 is 0. The number of anilines is 1. The maximum absolute atomic E-state index is 11.9. The van der Waals surface area contributed by atoms with Crippen LogP contribution in [0.15, 0.2) is 35.7 Å². The normalized spacial score (nSPS) is 11.0. The average Bonchev–Trinajstić information content (AvgIpc) is 2.91. The van der Waals surface area contributed by atoms with Crippen LogP contribution in [-0.4, -0.2) is 22.8 Å². The van der Waals surface area contributed by atoms with Crippen molar-refractivity contribution in [1.82, 2.24) is 10.3 Å². The van der Waals surface area contributed by atoms with Crippen molar-refractivity contribution >= 4 is 34.9 Å². The minimum Gasteiger partial charge on any atom is -0.350 e. The van der Waals surface area contributed by atoms with Crippen LogP contribution in [0.25, 0.3) is 6.08 Å². The van der Waals surface area contributed by atoms with Gasteiger partial charge in [-0.1, -0.05) is 0 Å². The molecule has 2 N–H and O–H groups in total. The molecular formula is C17H19N3O2S. The Morgan fingerprint density at radius 1 is 1.22 bits per heavy atom. The maximum atomic E-state index is 11.9. The van der Waals surface area contributed by atoms with Crippen molar-refractivity contribution in [3.63, 3.8) is 0 Å². The zero-order valence-electron chi connectivity index (χ0n) is 13.3. The van der Waals surface area contributed by atoms with Gasteiger partial charge in [0, 0.05) is 28.7 Å². The molecule has 0 radical (unpaired) electrons. The van der Waals surface area contributed by atoms with Gasteiger partial charge < -0.3 is 10.6 Å².